The molecule has 0 aromatic carbocycles. The molecule has 0 bridgehead atoms. The van der Waals surface area contributed by atoms with Crippen LogP contribution in [0.1, 0.15) is 32.1 Å². The van der Waals surface area contributed by atoms with Gasteiger partial charge in [0.1, 0.15) is 0 Å². The molecule has 3 nitrogen and oxygen atoms in total. The molecule has 0 saturated heterocycles. The number of nitrogens with two attached hydrogens (primary N) is 1. The molecule has 12 heavy (non-hydrogen) atoms. The maximum Gasteiger partial charge on any atom is 0.306 e. The summed E-state index contributed by atoms with van der Waals surface area (Å²) < 4.78 is 0. The first-order valence-corrected chi connectivity index (χ1v) is 4.68. The average molecular weight is 171 g/mol. The van der Waals surface area contributed by atoms with Crippen molar-refractivity contribution >= 4 is 5.97 Å². The molecule has 2 atom stereocenters. The zero-order chi connectivity index (χ0) is 8.97. The van der Waals surface area contributed by atoms with Crippen LogP contribution in [0.3, 0.4) is 0 Å². The Labute approximate surface area is 72.9 Å². The van der Waals surface area contributed by atoms with Crippen LogP contribution in [0, 0.1) is 11.8 Å². The summed E-state index contributed by atoms with van der Waals surface area (Å²) in [7, 11) is 0. The monoisotopic (exact) mass is 171 g/mol. The van der Waals surface area contributed by atoms with E-state index in [0.717, 1.165) is 32.1 Å². The molecule has 1 aliphatic rings. The highest BCUT2D eigenvalue weighted by Gasteiger charge is 2.31. The summed E-state index contributed by atoms with van der Waals surface area (Å²) in [6.07, 6.45) is 4.98. The second-order valence-electron chi connectivity index (χ2n) is 3.57. The Morgan fingerprint density at radius 1 is 1.50 bits per heavy atom. The fourth-order valence-corrected chi connectivity index (χ4v) is 2.09. The van der Waals surface area contributed by atoms with Crippen LogP contribution in [0.4, 0.5) is 0 Å². The number of rotatable bonds is 4. The number of hydrogen-bond donors (Lipinski definition) is 2. The van der Waals surface area contributed by atoms with Gasteiger partial charge in [0.25, 0.3) is 0 Å². The second-order valence-corrected chi connectivity index (χ2v) is 3.57. The summed E-state index contributed by atoms with van der Waals surface area (Å²) in [5, 5.41) is 8.85. The highest BCUT2D eigenvalue weighted by molar-refractivity contribution is 5.70. The molecule has 0 aromatic heterocycles. The van der Waals surface area contributed by atoms with Crippen LogP contribution >= 0.6 is 0 Å². The van der Waals surface area contributed by atoms with Crippen LogP contribution in [0.15, 0.2) is 0 Å². The predicted molar refractivity (Wildman–Crippen MR) is 46.8 cm³/mol. The van der Waals surface area contributed by atoms with Crippen molar-refractivity contribution in [3.8, 4) is 0 Å². The van der Waals surface area contributed by atoms with Crippen molar-refractivity contribution in [3.63, 3.8) is 0 Å². The van der Waals surface area contributed by atoms with Crippen LogP contribution in [-0.4, -0.2) is 17.6 Å². The molecule has 1 saturated carbocycles. The topological polar surface area (TPSA) is 63.3 Å². The Morgan fingerprint density at radius 3 is 2.83 bits per heavy atom. The van der Waals surface area contributed by atoms with Gasteiger partial charge < -0.3 is 10.8 Å². The molecule has 1 aliphatic carbocycles. The fraction of sp³-hybridized carbons (Fsp3) is 0.889. The van der Waals surface area contributed by atoms with Gasteiger partial charge in [-0.05, 0) is 38.1 Å². The molecule has 70 valence electrons. The fourth-order valence-electron chi connectivity index (χ4n) is 2.09. The van der Waals surface area contributed by atoms with Crippen LogP contribution in [0.25, 0.3) is 0 Å². The van der Waals surface area contributed by atoms with E-state index in [-0.39, 0.29) is 5.92 Å². The minimum absolute atomic E-state index is 0.0865. The van der Waals surface area contributed by atoms with Gasteiger partial charge in [0, 0.05) is 0 Å². The van der Waals surface area contributed by atoms with Gasteiger partial charge in [-0.25, -0.2) is 0 Å². The third-order valence-corrected chi connectivity index (χ3v) is 2.76. The van der Waals surface area contributed by atoms with Crippen molar-refractivity contribution in [2.75, 3.05) is 6.54 Å². The quantitative estimate of drug-likeness (QED) is 0.668. The Bertz CT molecular complexity index is 159. The lowest BCUT2D eigenvalue weighted by molar-refractivity contribution is -0.143. The maximum absolute atomic E-state index is 10.7. The minimum Gasteiger partial charge on any atom is -0.481 e. The van der Waals surface area contributed by atoms with E-state index < -0.39 is 5.97 Å². The van der Waals surface area contributed by atoms with E-state index >= 15 is 0 Å². The van der Waals surface area contributed by atoms with Crippen molar-refractivity contribution in [3.05, 3.63) is 0 Å². The van der Waals surface area contributed by atoms with Crippen molar-refractivity contribution < 1.29 is 9.90 Å². The lowest BCUT2D eigenvalue weighted by atomic mass is 9.92. The van der Waals surface area contributed by atoms with Gasteiger partial charge in [-0.15, -0.1) is 0 Å². The summed E-state index contributed by atoms with van der Waals surface area (Å²) in [6, 6.07) is 0. The molecular formula is C9H17NO2. The van der Waals surface area contributed by atoms with E-state index in [1.807, 2.05) is 0 Å². The summed E-state index contributed by atoms with van der Waals surface area (Å²) in [5.74, 6) is -0.308. The first-order valence-electron chi connectivity index (χ1n) is 4.68. The Kier molecular flexibility index (Phi) is 3.53. The van der Waals surface area contributed by atoms with Crippen LogP contribution < -0.4 is 5.73 Å². The zero-order valence-electron chi connectivity index (χ0n) is 7.33. The third kappa shape index (κ3) is 2.21. The second kappa shape index (κ2) is 4.45. The summed E-state index contributed by atoms with van der Waals surface area (Å²) in [4.78, 5) is 10.7. The number of hydrogen-bond acceptors (Lipinski definition) is 2. The number of carbonyl (C=O) groups is 1. The minimum atomic E-state index is -0.616. The van der Waals surface area contributed by atoms with Gasteiger partial charge in [-0.2, -0.15) is 0 Å². The molecule has 0 heterocycles. The van der Waals surface area contributed by atoms with Crippen LogP contribution in [0.2, 0.25) is 0 Å². The Hall–Kier alpha value is -0.570. The molecule has 0 amide bonds. The SMILES string of the molecule is NCCCC1CCCC1C(=O)O. The molecule has 3 heteroatoms. The van der Waals surface area contributed by atoms with Crippen molar-refractivity contribution in [1.82, 2.24) is 0 Å². The normalized spacial score (nSPS) is 29.1. The lowest BCUT2D eigenvalue weighted by Crippen LogP contribution is -2.18. The van der Waals surface area contributed by atoms with Gasteiger partial charge in [0.2, 0.25) is 0 Å². The molecule has 3 N–H and O–H groups in total. The van der Waals surface area contributed by atoms with Gasteiger partial charge in [-0.3, -0.25) is 4.79 Å². The van der Waals surface area contributed by atoms with Crippen LogP contribution in [0.5, 0.6) is 0 Å². The highest BCUT2D eigenvalue weighted by Crippen LogP contribution is 2.34. The standard InChI is InChI=1S/C9H17NO2/c10-6-2-4-7-3-1-5-8(7)9(11)12/h7-8H,1-6,10H2,(H,11,12). The molecule has 1 fully saturated rings. The van der Waals surface area contributed by atoms with E-state index in [1.165, 1.54) is 0 Å². The average Bonchev–Trinajstić information content (AvgIpc) is 2.48. The summed E-state index contributed by atoms with van der Waals surface area (Å²) in [6.45, 7) is 0.683. The van der Waals surface area contributed by atoms with Gasteiger partial charge in [0.05, 0.1) is 5.92 Å². The van der Waals surface area contributed by atoms with Crippen molar-refractivity contribution in [1.29, 1.82) is 0 Å². The Balaban J connectivity index is 2.35. The summed E-state index contributed by atoms with van der Waals surface area (Å²) >= 11 is 0. The first-order chi connectivity index (χ1) is 5.75. The number of carboxylic acid groups (broad SMARTS) is 1. The van der Waals surface area contributed by atoms with Gasteiger partial charge in [0.15, 0.2) is 0 Å². The molecule has 0 aliphatic heterocycles. The van der Waals surface area contributed by atoms with E-state index in [1.54, 1.807) is 0 Å². The number of aliphatic carboxylic acids is 1. The number of carboxylic acids is 1. The Morgan fingerprint density at radius 2 is 2.25 bits per heavy atom. The predicted octanol–water partition coefficient (Wildman–Crippen LogP) is 1.23. The molecule has 0 radical (unpaired) electrons. The largest absolute Gasteiger partial charge is 0.481 e. The molecule has 0 aromatic rings. The lowest BCUT2D eigenvalue weighted by Gasteiger charge is -2.14. The highest BCUT2D eigenvalue weighted by atomic mass is 16.4. The van der Waals surface area contributed by atoms with E-state index in [4.69, 9.17) is 10.8 Å². The van der Waals surface area contributed by atoms with E-state index in [0.29, 0.717) is 12.5 Å². The summed E-state index contributed by atoms with van der Waals surface area (Å²) in [5.41, 5.74) is 5.38. The van der Waals surface area contributed by atoms with E-state index in [2.05, 4.69) is 0 Å². The maximum atomic E-state index is 10.7. The molecule has 1 rings (SSSR count). The van der Waals surface area contributed by atoms with Gasteiger partial charge >= 0.3 is 5.97 Å². The van der Waals surface area contributed by atoms with Gasteiger partial charge in [-0.1, -0.05) is 6.42 Å². The first kappa shape index (κ1) is 9.52. The smallest absolute Gasteiger partial charge is 0.306 e. The van der Waals surface area contributed by atoms with E-state index in [9.17, 15) is 4.79 Å². The third-order valence-electron chi connectivity index (χ3n) is 2.76. The van der Waals surface area contributed by atoms with Crippen LogP contribution in [-0.2, 0) is 4.79 Å². The molecule has 2 unspecified atom stereocenters. The molecule has 0 spiro atoms. The van der Waals surface area contributed by atoms with Crippen molar-refractivity contribution in [2.45, 2.75) is 32.1 Å². The molecular weight excluding hydrogens is 154 g/mol. The van der Waals surface area contributed by atoms with Crippen molar-refractivity contribution in [2.24, 2.45) is 17.6 Å². The zero-order valence-corrected chi connectivity index (χ0v) is 7.33.